The molecule has 0 radical (unpaired) electrons. The van der Waals surface area contributed by atoms with Gasteiger partial charge in [0.25, 0.3) is 0 Å². The molecule has 0 bridgehead atoms. The minimum Gasteiger partial charge on any atom is -0.408 e. The molecular formula is C18H24ClN3O3. The van der Waals surface area contributed by atoms with Crippen molar-refractivity contribution in [2.24, 2.45) is 5.41 Å². The summed E-state index contributed by atoms with van der Waals surface area (Å²) in [5.74, 6) is -0.258. The summed E-state index contributed by atoms with van der Waals surface area (Å²) in [6.45, 7) is 4.23. The Balaban J connectivity index is 0.00000182. The SMILES string of the molecule is Cl.O=C(CCn1c(=O)oc2ccccc21)N1CCC2(CCNC2)CC1. The van der Waals surface area contributed by atoms with E-state index in [0.717, 1.165) is 44.5 Å². The van der Waals surface area contributed by atoms with Gasteiger partial charge in [0.05, 0.1) is 5.52 Å². The van der Waals surface area contributed by atoms with E-state index >= 15 is 0 Å². The number of amides is 1. The number of oxazole rings is 1. The molecule has 1 aromatic carbocycles. The Kier molecular flexibility index (Phi) is 5.20. The molecule has 25 heavy (non-hydrogen) atoms. The van der Waals surface area contributed by atoms with Gasteiger partial charge in [-0.15, -0.1) is 12.4 Å². The highest BCUT2D eigenvalue weighted by atomic mass is 35.5. The van der Waals surface area contributed by atoms with Crippen LogP contribution in [0.1, 0.15) is 25.7 Å². The number of fused-ring (bicyclic) bond motifs is 1. The minimum absolute atomic E-state index is 0. The predicted octanol–water partition coefficient (Wildman–Crippen LogP) is 2.01. The van der Waals surface area contributed by atoms with Gasteiger partial charge in [0, 0.05) is 32.6 Å². The van der Waals surface area contributed by atoms with Gasteiger partial charge in [-0.3, -0.25) is 9.36 Å². The summed E-state index contributed by atoms with van der Waals surface area (Å²) in [6, 6.07) is 7.33. The molecule has 2 aliphatic heterocycles. The number of para-hydroxylation sites is 2. The molecule has 1 aromatic heterocycles. The molecule has 2 aliphatic rings. The molecular weight excluding hydrogens is 342 g/mol. The van der Waals surface area contributed by atoms with Gasteiger partial charge in [-0.25, -0.2) is 4.79 Å². The summed E-state index contributed by atoms with van der Waals surface area (Å²) in [4.78, 5) is 26.4. The number of likely N-dealkylation sites (tertiary alicyclic amines) is 1. The summed E-state index contributed by atoms with van der Waals surface area (Å²) >= 11 is 0. The Hall–Kier alpha value is -1.79. The van der Waals surface area contributed by atoms with Crippen LogP contribution in [0.15, 0.2) is 33.5 Å². The van der Waals surface area contributed by atoms with Gasteiger partial charge < -0.3 is 14.6 Å². The summed E-state index contributed by atoms with van der Waals surface area (Å²) in [5.41, 5.74) is 1.74. The summed E-state index contributed by atoms with van der Waals surface area (Å²) in [5, 5.41) is 3.44. The van der Waals surface area contributed by atoms with E-state index in [1.165, 1.54) is 6.42 Å². The van der Waals surface area contributed by atoms with E-state index in [1.807, 2.05) is 23.1 Å². The molecule has 0 unspecified atom stereocenters. The van der Waals surface area contributed by atoms with E-state index in [2.05, 4.69) is 5.32 Å². The summed E-state index contributed by atoms with van der Waals surface area (Å²) < 4.78 is 6.77. The van der Waals surface area contributed by atoms with Crippen LogP contribution in [0.25, 0.3) is 11.1 Å². The van der Waals surface area contributed by atoms with E-state index in [1.54, 1.807) is 10.6 Å². The number of aromatic nitrogens is 1. The lowest BCUT2D eigenvalue weighted by atomic mass is 9.78. The smallest absolute Gasteiger partial charge is 0.408 e. The molecule has 1 amide bonds. The number of piperidine rings is 1. The lowest BCUT2D eigenvalue weighted by molar-refractivity contribution is -0.133. The van der Waals surface area contributed by atoms with Crippen LogP contribution in [0.3, 0.4) is 0 Å². The fourth-order valence-corrected chi connectivity index (χ4v) is 4.04. The number of carbonyl (C=O) groups excluding carboxylic acids is 1. The number of hydrogen-bond acceptors (Lipinski definition) is 4. The standard InChI is InChI=1S/C18H23N3O3.ClH/c22-16(20-11-7-18(8-12-20)6-9-19-13-18)5-10-21-14-3-1-2-4-15(14)24-17(21)23;/h1-4,19H,5-13H2;1H. The van der Waals surface area contributed by atoms with Gasteiger partial charge in [-0.05, 0) is 43.4 Å². The first-order chi connectivity index (χ1) is 11.7. The zero-order valence-corrected chi connectivity index (χ0v) is 15.0. The number of nitrogens with one attached hydrogen (secondary N) is 1. The Morgan fingerprint density at radius 3 is 2.68 bits per heavy atom. The van der Waals surface area contributed by atoms with Crippen molar-refractivity contribution in [3.05, 3.63) is 34.8 Å². The number of rotatable bonds is 3. The normalized spacial score (nSPS) is 19.3. The number of halogens is 1. The molecule has 3 heterocycles. The molecule has 2 fully saturated rings. The first-order valence-corrected chi connectivity index (χ1v) is 8.74. The largest absolute Gasteiger partial charge is 0.419 e. The molecule has 0 aliphatic carbocycles. The second-order valence-electron chi connectivity index (χ2n) is 7.04. The maximum atomic E-state index is 12.5. The second-order valence-corrected chi connectivity index (χ2v) is 7.04. The van der Waals surface area contributed by atoms with Crippen molar-refractivity contribution in [1.82, 2.24) is 14.8 Å². The van der Waals surface area contributed by atoms with Crippen LogP contribution >= 0.6 is 12.4 Å². The Morgan fingerprint density at radius 2 is 1.96 bits per heavy atom. The number of hydrogen-bond donors (Lipinski definition) is 1. The maximum absolute atomic E-state index is 12.5. The highest BCUT2D eigenvalue weighted by Crippen LogP contribution is 2.36. The molecule has 4 rings (SSSR count). The van der Waals surface area contributed by atoms with Crippen molar-refractivity contribution in [2.45, 2.75) is 32.2 Å². The Morgan fingerprint density at radius 1 is 1.20 bits per heavy atom. The topological polar surface area (TPSA) is 67.5 Å². The molecule has 2 saturated heterocycles. The predicted molar refractivity (Wildman–Crippen MR) is 98.1 cm³/mol. The van der Waals surface area contributed by atoms with Crippen LogP contribution in [0.4, 0.5) is 0 Å². The average molecular weight is 366 g/mol. The lowest BCUT2D eigenvalue weighted by Gasteiger charge is -2.39. The monoisotopic (exact) mass is 365 g/mol. The third-order valence-corrected chi connectivity index (χ3v) is 5.63. The fraction of sp³-hybridized carbons (Fsp3) is 0.556. The van der Waals surface area contributed by atoms with E-state index in [9.17, 15) is 9.59 Å². The molecule has 7 heteroatoms. The van der Waals surface area contributed by atoms with E-state index < -0.39 is 5.76 Å². The van der Waals surface area contributed by atoms with Crippen LogP contribution in [0, 0.1) is 5.41 Å². The quantitative estimate of drug-likeness (QED) is 0.903. The van der Waals surface area contributed by atoms with Crippen LogP contribution < -0.4 is 11.1 Å². The van der Waals surface area contributed by atoms with Crippen LogP contribution in [-0.2, 0) is 11.3 Å². The Bertz CT molecular complexity index is 797. The van der Waals surface area contributed by atoms with E-state index in [-0.39, 0.29) is 18.3 Å². The van der Waals surface area contributed by atoms with Gasteiger partial charge in [0.15, 0.2) is 5.58 Å². The third kappa shape index (κ3) is 3.46. The molecule has 1 N–H and O–H groups in total. The van der Waals surface area contributed by atoms with E-state index in [0.29, 0.717) is 24.0 Å². The third-order valence-electron chi connectivity index (χ3n) is 5.63. The number of benzene rings is 1. The van der Waals surface area contributed by atoms with Crippen molar-refractivity contribution in [3.63, 3.8) is 0 Å². The first-order valence-electron chi connectivity index (χ1n) is 8.74. The van der Waals surface area contributed by atoms with Gasteiger partial charge in [0.2, 0.25) is 5.91 Å². The first kappa shape index (κ1) is 18.0. The van der Waals surface area contributed by atoms with Gasteiger partial charge in [-0.1, -0.05) is 12.1 Å². The highest BCUT2D eigenvalue weighted by molar-refractivity contribution is 5.85. The maximum Gasteiger partial charge on any atom is 0.419 e. The average Bonchev–Trinajstić information content (AvgIpc) is 3.17. The van der Waals surface area contributed by atoms with Gasteiger partial charge in [-0.2, -0.15) is 0 Å². The Labute approximate surface area is 152 Å². The molecule has 6 nitrogen and oxygen atoms in total. The van der Waals surface area contributed by atoms with Crippen molar-refractivity contribution in [3.8, 4) is 0 Å². The van der Waals surface area contributed by atoms with Crippen LogP contribution in [0.5, 0.6) is 0 Å². The van der Waals surface area contributed by atoms with Gasteiger partial charge >= 0.3 is 5.76 Å². The molecule has 136 valence electrons. The van der Waals surface area contributed by atoms with Crippen LogP contribution in [0.2, 0.25) is 0 Å². The van der Waals surface area contributed by atoms with Crippen molar-refractivity contribution in [2.75, 3.05) is 26.2 Å². The number of nitrogens with zero attached hydrogens (tertiary/aromatic N) is 2. The fourth-order valence-electron chi connectivity index (χ4n) is 4.04. The van der Waals surface area contributed by atoms with Gasteiger partial charge in [0.1, 0.15) is 0 Å². The molecule has 0 atom stereocenters. The summed E-state index contributed by atoms with van der Waals surface area (Å²) in [7, 11) is 0. The zero-order valence-electron chi connectivity index (χ0n) is 14.2. The lowest BCUT2D eigenvalue weighted by Crippen LogP contribution is -2.44. The van der Waals surface area contributed by atoms with Crippen LogP contribution in [-0.4, -0.2) is 41.6 Å². The second kappa shape index (κ2) is 7.22. The molecule has 2 aromatic rings. The van der Waals surface area contributed by atoms with Crippen molar-refractivity contribution in [1.29, 1.82) is 0 Å². The summed E-state index contributed by atoms with van der Waals surface area (Å²) in [6.07, 6.45) is 3.74. The highest BCUT2D eigenvalue weighted by Gasteiger charge is 2.37. The number of carbonyl (C=O) groups is 1. The van der Waals surface area contributed by atoms with Crippen molar-refractivity contribution < 1.29 is 9.21 Å². The minimum atomic E-state index is -0.390. The van der Waals surface area contributed by atoms with E-state index in [4.69, 9.17) is 4.42 Å². The molecule has 1 spiro atoms. The number of aryl methyl sites for hydroxylation is 1. The zero-order chi connectivity index (χ0) is 16.6. The van der Waals surface area contributed by atoms with Crippen molar-refractivity contribution >= 4 is 29.4 Å². The molecule has 0 saturated carbocycles.